The van der Waals surface area contributed by atoms with Crippen LogP contribution in [-0.2, 0) is 11.2 Å². The predicted octanol–water partition coefficient (Wildman–Crippen LogP) is 1.47. The number of benzene rings is 1. The zero-order valence-corrected chi connectivity index (χ0v) is 8.64. The quantitative estimate of drug-likeness (QED) is 0.589. The number of hydrogen-bond acceptors (Lipinski definition) is 4. The highest BCUT2D eigenvalue weighted by Crippen LogP contribution is 2.20. The Morgan fingerprint density at radius 1 is 1.43 bits per heavy atom. The topological polar surface area (TPSA) is 46.2 Å². The van der Waals surface area contributed by atoms with Crippen molar-refractivity contribution in [2.75, 3.05) is 7.05 Å². The van der Waals surface area contributed by atoms with E-state index in [0.717, 1.165) is 23.0 Å². The van der Waals surface area contributed by atoms with E-state index in [0.29, 0.717) is 12.0 Å². The van der Waals surface area contributed by atoms with E-state index in [2.05, 4.69) is 4.72 Å². The second-order valence-electron chi connectivity index (χ2n) is 2.67. The van der Waals surface area contributed by atoms with Crippen molar-refractivity contribution in [2.45, 2.75) is 11.3 Å². The molecule has 1 rings (SSSR count). The Labute approximate surface area is 87.0 Å². The van der Waals surface area contributed by atoms with Crippen LogP contribution >= 0.6 is 11.9 Å². The zero-order chi connectivity index (χ0) is 10.4. The molecule has 1 N–H and O–H groups in total. The molecule has 0 bridgehead atoms. The molecule has 4 heteroatoms. The average Bonchev–Trinajstić information content (AvgIpc) is 2.19. The van der Waals surface area contributed by atoms with Gasteiger partial charge < -0.3 is 4.79 Å². The van der Waals surface area contributed by atoms with Crippen molar-refractivity contribution in [3.05, 3.63) is 29.3 Å². The van der Waals surface area contributed by atoms with Crippen LogP contribution in [0.25, 0.3) is 0 Å². The maximum absolute atomic E-state index is 10.7. The van der Waals surface area contributed by atoms with E-state index >= 15 is 0 Å². The van der Waals surface area contributed by atoms with Gasteiger partial charge in [0.15, 0.2) is 6.29 Å². The third-order valence-electron chi connectivity index (χ3n) is 1.74. The highest BCUT2D eigenvalue weighted by Gasteiger charge is 2.02. The second-order valence-corrected chi connectivity index (χ2v) is 3.72. The highest BCUT2D eigenvalue weighted by molar-refractivity contribution is 7.97. The minimum Gasteiger partial charge on any atom is -0.303 e. The van der Waals surface area contributed by atoms with Crippen LogP contribution in [0.5, 0.6) is 0 Å². The number of nitrogens with one attached hydrogen (secondary N) is 1. The van der Waals surface area contributed by atoms with Crippen molar-refractivity contribution in [1.82, 2.24) is 4.72 Å². The molecule has 1 aromatic rings. The van der Waals surface area contributed by atoms with Crippen LogP contribution in [0.1, 0.15) is 15.9 Å². The summed E-state index contributed by atoms with van der Waals surface area (Å²) in [5, 5.41) is 0. The molecule has 0 unspecified atom stereocenters. The summed E-state index contributed by atoms with van der Waals surface area (Å²) in [5.41, 5.74) is 1.56. The minimum atomic E-state index is 0.385. The molecule has 0 aliphatic heterocycles. The van der Waals surface area contributed by atoms with Crippen LogP contribution in [0.15, 0.2) is 23.1 Å². The van der Waals surface area contributed by atoms with E-state index in [1.54, 1.807) is 19.2 Å². The zero-order valence-electron chi connectivity index (χ0n) is 7.82. The lowest BCUT2D eigenvalue weighted by Crippen LogP contribution is -1.96. The smallest absolute Gasteiger partial charge is 0.151 e. The highest BCUT2D eigenvalue weighted by atomic mass is 32.2. The summed E-state index contributed by atoms with van der Waals surface area (Å²) in [6.07, 6.45) is 2.05. The van der Waals surface area contributed by atoms with Gasteiger partial charge in [0.1, 0.15) is 6.29 Å². The molecular weight excluding hydrogens is 198 g/mol. The van der Waals surface area contributed by atoms with Gasteiger partial charge in [-0.05, 0) is 30.6 Å². The summed E-state index contributed by atoms with van der Waals surface area (Å²) >= 11 is 1.37. The summed E-state index contributed by atoms with van der Waals surface area (Å²) in [6.45, 7) is 0. The van der Waals surface area contributed by atoms with Gasteiger partial charge in [0.25, 0.3) is 0 Å². The number of aldehydes is 2. The Bertz CT molecular complexity index is 339. The van der Waals surface area contributed by atoms with E-state index in [1.807, 2.05) is 6.07 Å². The molecule has 0 spiro atoms. The van der Waals surface area contributed by atoms with Crippen molar-refractivity contribution < 1.29 is 9.59 Å². The first-order valence-corrected chi connectivity index (χ1v) is 4.98. The van der Waals surface area contributed by atoms with Gasteiger partial charge in [-0.2, -0.15) is 0 Å². The molecule has 0 saturated carbocycles. The normalized spacial score (nSPS) is 9.79. The van der Waals surface area contributed by atoms with Crippen LogP contribution in [-0.4, -0.2) is 19.6 Å². The first-order valence-electron chi connectivity index (χ1n) is 4.17. The fraction of sp³-hybridized carbons (Fsp3) is 0.200. The molecular formula is C10H11NO2S. The maximum atomic E-state index is 10.7. The van der Waals surface area contributed by atoms with Gasteiger partial charge in [-0.25, -0.2) is 0 Å². The van der Waals surface area contributed by atoms with Crippen LogP contribution in [0, 0.1) is 0 Å². The Hall–Kier alpha value is -1.13. The number of hydrogen-bond donors (Lipinski definition) is 1. The first kappa shape index (κ1) is 10.9. The molecule has 74 valence electrons. The monoisotopic (exact) mass is 209 g/mol. The number of rotatable bonds is 5. The molecule has 0 heterocycles. The Morgan fingerprint density at radius 3 is 2.79 bits per heavy atom. The first-order chi connectivity index (χ1) is 6.81. The summed E-state index contributed by atoms with van der Waals surface area (Å²) in [5.74, 6) is 0. The molecule has 0 aromatic heterocycles. The molecule has 3 nitrogen and oxygen atoms in total. The molecule has 0 saturated heterocycles. The van der Waals surface area contributed by atoms with Crippen LogP contribution in [0.4, 0.5) is 0 Å². The van der Waals surface area contributed by atoms with Crippen molar-refractivity contribution in [2.24, 2.45) is 0 Å². The van der Waals surface area contributed by atoms with Gasteiger partial charge in [-0.1, -0.05) is 12.1 Å². The van der Waals surface area contributed by atoms with Crippen molar-refractivity contribution >= 4 is 24.5 Å². The van der Waals surface area contributed by atoms with Gasteiger partial charge >= 0.3 is 0 Å². The van der Waals surface area contributed by atoms with Gasteiger partial charge in [-0.15, -0.1) is 0 Å². The van der Waals surface area contributed by atoms with E-state index in [4.69, 9.17) is 0 Å². The van der Waals surface area contributed by atoms with Crippen LogP contribution < -0.4 is 4.72 Å². The summed E-state index contributed by atoms with van der Waals surface area (Å²) in [4.78, 5) is 21.8. The third kappa shape index (κ3) is 2.68. The van der Waals surface area contributed by atoms with Crippen molar-refractivity contribution in [3.63, 3.8) is 0 Å². The lowest BCUT2D eigenvalue weighted by Gasteiger charge is -2.04. The third-order valence-corrected chi connectivity index (χ3v) is 2.51. The fourth-order valence-electron chi connectivity index (χ4n) is 1.10. The lowest BCUT2D eigenvalue weighted by atomic mass is 10.1. The number of carbonyl (C=O) groups excluding carboxylic acids is 2. The predicted molar refractivity (Wildman–Crippen MR) is 56.5 cm³/mol. The molecule has 14 heavy (non-hydrogen) atoms. The Morgan fingerprint density at radius 2 is 2.21 bits per heavy atom. The van der Waals surface area contributed by atoms with Crippen molar-refractivity contribution in [3.8, 4) is 0 Å². The fourth-order valence-corrected chi connectivity index (χ4v) is 1.76. The standard InChI is InChI=1S/C10H11NO2S/c1-11-14-10-6-8(4-5-12)2-3-9(10)7-13/h2-3,5-7,11H,4H2,1H3. The summed E-state index contributed by atoms with van der Waals surface area (Å²) in [6, 6.07) is 5.36. The molecule has 0 atom stereocenters. The molecule has 0 amide bonds. The molecule has 0 aliphatic carbocycles. The van der Waals surface area contributed by atoms with Crippen molar-refractivity contribution in [1.29, 1.82) is 0 Å². The van der Waals surface area contributed by atoms with Gasteiger partial charge in [0.2, 0.25) is 0 Å². The molecule has 0 fully saturated rings. The molecule has 0 radical (unpaired) electrons. The maximum Gasteiger partial charge on any atom is 0.151 e. The van der Waals surface area contributed by atoms with E-state index in [9.17, 15) is 9.59 Å². The Balaban J connectivity index is 2.99. The van der Waals surface area contributed by atoms with E-state index in [1.165, 1.54) is 11.9 Å². The molecule has 1 aromatic carbocycles. The Kier molecular flexibility index (Phi) is 4.35. The molecule has 0 aliphatic rings. The van der Waals surface area contributed by atoms with Gasteiger partial charge in [0.05, 0.1) is 0 Å². The van der Waals surface area contributed by atoms with Crippen LogP contribution in [0.3, 0.4) is 0 Å². The van der Waals surface area contributed by atoms with Gasteiger partial charge in [-0.3, -0.25) is 9.52 Å². The average molecular weight is 209 g/mol. The lowest BCUT2D eigenvalue weighted by molar-refractivity contribution is -0.107. The van der Waals surface area contributed by atoms with Gasteiger partial charge in [0, 0.05) is 16.9 Å². The SMILES string of the molecule is CNSc1cc(CC=O)ccc1C=O. The van der Waals surface area contributed by atoms with E-state index in [-0.39, 0.29) is 0 Å². The summed E-state index contributed by atoms with van der Waals surface area (Å²) in [7, 11) is 1.78. The number of carbonyl (C=O) groups is 2. The second kappa shape index (κ2) is 5.57. The van der Waals surface area contributed by atoms with Crippen LogP contribution in [0.2, 0.25) is 0 Å². The van der Waals surface area contributed by atoms with E-state index < -0.39 is 0 Å². The minimum absolute atomic E-state index is 0.385. The largest absolute Gasteiger partial charge is 0.303 e. The summed E-state index contributed by atoms with van der Waals surface area (Å²) < 4.78 is 2.90.